The van der Waals surface area contributed by atoms with Crippen LogP contribution in [0.3, 0.4) is 0 Å². The number of nitrogens with one attached hydrogen (secondary N) is 1. The molecule has 2 amide bonds. The number of esters is 1. The number of carbonyl (C=O) groups is 3. The third-order valence-corrected chi connectivity index (χ3v) is 6.39. The number of para-hydroxylation sites is 1. The van der Waals surface area contributed by atoms with E-state index in [0.29, 0.717) is 28.4 Å². The monoisotopic (exact) mass is 502 g/mol. The average Bonchev–Trinajstić information content (AvgIpc) is 2.93. The summed E-state index contributed by atoms with van der Waals surface area (Å²) >= 11 is 0. The van der Waals surface area contributed by atoms with Crippen LogP contribution in [-0.2, 0) is 19.1 Å². The number of piperidine rings is 1. The molecule has 8 heteroatoms. The summed E-state index contributed by atoms with van der Waals surface area (Å²) in [5, 5.41) is 2.73. The van der Waals surface area contributed by atoms with Gasteiger partial charge in [0.05, 0.1) is 26.2 Å². The molecule has 1 aliphatic heterocycles. The van der Waals surface area contributed by atoms with Crippen molar-refractivity contribution in [2.45, 2.75) is 25.8 Å². The molecule has 0 saturated carbocycles. The Bertz CT molecular complexity index is 1260. The zero-order valence-corrected chi connectivity index (χ0v) is 21.1. The minimum Gasteiger partial charge on any atom is -0.497 e. The van der Waals surface area contributed by atoms with E-state index < -0.39 is 30.4 Å². The summed E-state index contributed by atoms with van der Waals surface area (Å²) in [6.45, 7) is 1.52. The topological polar surface area (TPSA) is 94.2 Å². The molecule has 0 bridgehead atoms. The number of hydrogen-bond acceptors (Lipinski definition) is 6. The summed E-state index contributed by atoms with van der Waals surface area (Å²) in [4.78, 5) is 40.7. The molecule has 3 aromatic carbocycles. The van der Waals surface area contributed by atoms with Crippen LogP contribution in [0.5, 0.6) is 11.5 Å². The molecule has 1 heterocycles. The highest BCUT2D eigenvalue weighted by Gasteiger charge is 2.43. The molecular formula is C29H30N2O6. The molecule has 1 saturated heterocycles. The van der Waals surface area contributed by atoms with Gasteiger partial charge in [-0.05, 0) is 55.8 Å². The quantitative estimate of drug-likeness (QED) is 0.450. The van der Waals surface area contributed by atoms with Crippen molar-refractivity contribution in [1.29, 1.82) is 0 Å². The molecule has 8 nitrogen and oxygen atoms in total. The molecule has 0 radical (unpaired) electrons. The third kappa shape index (κ3) is 5.91. The number of methoxy groups -OCH3 is 2. The minimum atomic E-state index is -0.705. The Morgan fingerprint density at radius 1 is 0.946 bits per heavy atom. The lowest BCUT2D eigenvalue weighted by Crippen LogP contribution is -2.46. The zero-order chi connectivity index (χ0) is 26.4. The van der Waals surface area contributed by atoms with Crippen LogP contribution >= 0.6 is 0 Å². The van der Waals surface area contributed by atoms with Crippen molar-refractivity contribution < 1.29 is 28.6 Å². The number of aryl methyl sites for hydroxylation is 1. The first kappa shape index (κ1) is 25.8. The molecule has 1 aliphatic rings. The molecule has 0 spiro atoms. The van der Waals surface area contributed by atoms with Crippen LogP contribution in [0.15, 0.2) is 72.8 Å². The van der Waals surface area contributed by atoms with E-state index in [9.17, 15) is 14.4 Å². The molecule has 2 unspecified atom stereocenters. The predicted octanol–water partition coefficient (Wildman–Crippen LogP) is 4.68. The second-order valence-electron chi connectivity index (χ2n) is 8.82. The van der Waals surface area contributed by atoms with Gasteiger partial charge in [0.25, 0.3) is 5.91 Å². The van der Waals surface area contributed by atoms with Gasteiger partial charge >= 0.3 is 5.97 Å². The molecular weight excluding hydrogens is 472 g/mol. The summed E-state index contributed by atoms with van der Waals surface area (Å²) in [5.41, 5.74) is 2.99. The van der Waals surface area contributed by atoms with Gasteiger partial charge in [0.15, 0.2) is 6.61 Å². The number of hydrogen-bond donors (Lipinski definition) is 1. The van der Waals surface area contributed by atoms with Crippen molar-refractivity contribution in [3.8, 4) is 11.5 Å². The number of rotatable bonds is 8. The number of amides is 2. The van der Waals surface area contributed by atoms with Crippen LogP contribution in [0.25, 0.3) is 0 Å². The van der Waals surface area contributed by atoms with Gasteiger partial charge in [-0.25, -0.2) is 0 Å². The SMILES string of the molecule is COc1ccc(N2C(=O)CCC(C(=O)OCC(=O)Nc3ccc(C)cc3)C2c2ccccc2OC)cc1. The molecule has 4 rings (SSSR count). The number of ether oxygens (including phenoxy) is 3. The zero-order valence-electron chi connectivity index (χ0n) is 21.1. The van der Waals surface area contributed by atoms with Crippen molar-refractivity contribution in [2.24, 2.45) is 5.92 Å². The lowest BCUT2D eigenvalue weighted by molar-refractivity contribution is -0.153. The molecule has 37 heavy (non-hydrogen) atoms. The molecule has 1 N–H and O–H groups in total. The maximum absolute atomic E-state index is 13.4. The molecule has 0 aromatic heterocycles. The van der Waals surface area contributed by atoms with Crippen LogP contribution in [0.4, 0.5) is 11.4 Å². The minimum absolute atomic E-state index is 0.123. The van der Waals surface area contributed by atoms with E-state index in [-0.39, 0.29) is 18.7 Å². The number of nitrogens with zero attached hydrogens (tertiary/aromatic N) is 1. The average molecular weight is 503 g/mol. The van der Waals surface area contributed by atoms with E-state index in [0.717, 1.165) is 5.56 Å². The maximum atomic E-state index is 13.4. The van der Waals surface area contributed by atoms with Gasteiger partial charge in [-0.1, -0.05) is 35.9 Å². The molecule has 1 fully saturated rings. The van der Waals surface area contributed by atoms with Crippen LogP contribution in [0.1, 0.15) is 30.0 Å². The second kappa shape index (κ2) is 11.6. The predicted molar refractivity (Wildman–Crippen MR) is 140 cm³/mol. The highest BCUT2D eigenvalue weighted by Crippen LogP contribution is 2.43. The number of carbonyl (C=O) groups excluding carboxylic acids is 3. The fourth-order valence-electron chi connectivity index (χ4n) is 4.53. The van der Waals surface area contributed by atoms with Crippen molar-refractivity contribution in [3.63, 3.8) is 0 Å². The Labute approximate surface area is 216 Å². The lowest BCUT2D eigenvalue weighted by atomic mass is 9.83. The standard InChI is InChI=1S/C29H30N2O6/c1-19-8-10-20(11-9-19)30-26(32)18-37-29(34)24-16-17-27(33)31(21-12-14-22(35-2)15-13-21)28(24)23-6-4-5-7-25(23)36-3/h4-15,24,28H,16-18H2,1-3H3,(H,30,32). The summed E-state index contributed by atoms with van der Waals surface area (Å²) < 4.78 is 16.3. The first-order valence-electron chi connectivity index (χ1n) is 12.0. The highest BCUT2D eigenvalue weighted by atomic mass is 16.5. The van der Waals surface area contributed by atoms with E-state index in [1.807, 2.05) is 37.3 Å². The molecule has 0 aliphatic carbocycles. The van der Waals surface area contributed by atoms with Crippen LogP contribution < -0.4 is 19.7 Å². The number of anilines is 2. The van der Waals surface area contributed by atoms with Gasteiger partial charge in [0.2, 0.25) is 5.91 Å². The van der Waals surface area contributed by atoms with E-state index in [2.05, 4.69) is 5.32 Å². The molecule has 192 valence electrons. The fourth-order valence-corrected chi connectivity index (χ4v) is 4.53. The van der Waals surface area contributed by atoms with Crippen molar-refractivity contribution in [2.75, 3.05) is 31.0 Å². The van der Waals surface area contributed by atoms with Crippen molar-refractivity contribution in [3.05, 3.63) is 83.9 Å². The largest absolute Gasteiger partial charge is 0.497 e. The van der Waals surface area contributed by atoms with E-state index >= 15 is 0 Å². The smallest absolute Gasteiger partial charge is 0.311 e. The third-order valence-electron chi connectivity index (χ3n) is 6.39. The second-order valence-corrected chi connectivity index (χ2v) is 8.82. The summed E-state index contributed by atoms with van der Waals surface area (Å²) in [7, 11) is 3.11. The van der Waals surface area contributed by atoms with Crippen LogP contribution in [0.2, 0.25) is 0 Å². The Morgan fingerprint density at radius 2 is 1.65 bits per heavy atom. The maximum Gasteiger partial charge on any atom is 0.311 e. The van der Waals surface area contributed by atoms with Crippen LogP contribution in [-0.4, -0.2) is 38.6 Å². The van der Waals surface area contributed by atoms with E-state index in [1.54, 1.807) is 61.6 Å². The van der Waals surface area contributed by atoms with E-state index in [1.165, 1.54) is 0 Å². The Morgan fingerprint density at radius 3 is 2.32 bits per heavy atom. The summed E-state index contributed by atoms with van der Waals surface area (Å²) in [5.74, 6) is -0.621. The first-order chi connectivity index (χ1) is 17.9. The number of benzene rings is 3. The Hall–Kier alpha value is -4.33. The van der Waals surface area contributed by atoms with Crippen molar-refractivity contribution >= 4 is 29.2 Å². The van der Waals surface area contributed by atoms with E-state index in [4.69, 9.17) is 14.2 Å². The van der Waals surface area contributed by atoms with Gasteiger partial charge < -0.3 is 24.4 Å². The van der Waals surface area contributed by atoms with Gasteiger partial charge in [-0.2, -0.15) is 0 Å². The fraction of sp³-hybridized carbons (Fsp3) is 0.276. The Kier molecular flexibility index (Phi) is 8.08. The normalized spacial score (nSPS) is 17.2. The highest BCUT2D eigenvalue weighted by molar-refractivity contribution is 5.97. The van der Waals surface area contributed by atoms with Gasteiger partial charge in [0, 0.05) is 23.4 Å². The Balaban J connectivity index is 1.59. The summed E-state index contributed by atoms with van der Waals surface area (Å²) in [6.07, 6.45) is 0.444. The van der Waals surface area contributed by atoms with Gasteiger partial charge in [-0.15, -0.1) is 0 Å². The van der Waals surface area contributed by atoms with Crippen molar-refractivity contribution in [1.82, 2.24) is 0 Å². The summed E-state index contributed by atoms with van der Waals surface area (Å²) in [6, 6.07) is 21.0. The molecule has 3 aromatic rings. The first-order valence-corrected chi connectivity index (χ1v) is 12.0. The van der Waals surface area contributed by atoms with Crippen LogP contribution in [0, 0.1) is 12.8 Å². The molecule has 2 atom stereocenters. The lowest BCUT2D eigenvalue weighted by Gasteiger charge is -2.40. The van der Waals surface area contributed by atoms with Gasteiger partial charge in [-0.3, -0.25) is 14.4 Å². The van der Waals surface area contributed by atoms with Gasteiger partial charge in [0.1, 0.15) is 11.5 Å².